The Labute approximate surface area is 222 Å². The highest BCUT2D eigenvalue weighted by atomic mass is 19.4. The summed E-state index contributed by atoms with van der Waals surface area (Å²) in [6.07, 6.45) is -4.60. The number of benzene rings is 3. The molecule has 1 aliphatic heterocycles. The smallest absolute Gasteiger partial charge is 0.352 e. The molecule has 3 aromatic carbocycles. The summed E-state index contributed by atoms with van der Waals surface area (Å²) < 4.78 is 39.2. The third-order valence-corrected chi connectivity index (χ3v) is 6.39. The summed E-state index contributed by atoms with van der Waals surface area (Å²) in [6, 6.07) is 17.5. The van der Waals surface area contributed by atoms with E-state index in [-0.39, 0.29) is 29.2 Å². The maximum absolute atomic E-state index is 13.3. The van der Waals surface area contributed by atoms with Gasteiger partial charge in [-0.1, -0.05) is 42.5 Å². The van der Waals surface area contributed by atoms with Crippen LogP contribution in [0.1, 0.15) is 35.3 Å². The van der Waals surface area contributed by atoms with E-state index >= 15 is 0 Å². The second-order valence-corrected chi connectivity index (χ2v) is 9.56. The number of alkyl halides is 3. The summed E-state index contributed by atoms with van der Waals surface area (Å²) in [4.78, 5) is 52.6. The number of hydrogen-bond acceptors (Lipinski definition) is 4. The van der Waals surface area contributed by atoms with Gasteiger partial charge in [0.2, 0.25) is 17.7 Å². The largest absolute Gasteiger partial charge is 0.416 e. The highest BCUT2D eigenvalue weighted by Gasteiger charge is 2.47. The first-order chi connectivity index (χ1) is 18.4. The average molecular weight is 539 g/mol. The molecule has 0 spiro atoms. The van der Waals surface area contributed by atoms with Crippen LogP contribution in [-0.2, 0) is 27.1 Å². The lowest BCUT2D eigenvalue weighted by atomic mass is 9.76. The van der Waals surface area contributed by atoms with E-state index in [1.165, 1.54) is 38.1 Å². The maximum Gasteiger partial charge on any atom is 0.416 e. The average Bonchev–Trinajstić information content (AvgIpc) is 3.01. The predicted octanol–water partition coefficient (Wildman–Crippen LogP) is 4.81. The summed E-state index contributed by atoms with van der Waals surface area (Å²) in [5, 5.41) is 10.3. The van der Waals surface area contributed by atoms with Crippen LogP contribution in [0.2, 0.25) is 0 Å². The van der Waals surface area contributed by atoms with Gasteiger partial charge in [0.15, 0.2) is 0 Å². The molecule has 3 aromatic rings. The Hall–Kier alpha value is -4.67. The molecule has 4 amide bonds. The minimum absolute atomic E-state index is 0.0386. The Bertz CT molecular complexity index is 1440. The number of amides is 4. The van der Waals surface area contributed by atoms with E-state index in [1.54, 1.807) is 0 Å². The molecule has 0 saturated carbocycles. The van der Waals surface area contributed by atoms with Gasteiger partial charge in [0.25, 0.3) is 5.91 Å². The number of hydrogen-bond donors (Lipinski definition) is 4. The van der Waals surface area contributed by atoms with Gasteiger partial charge >= 0.3 is 6.18 Å². The van der Waals surface area contributed by atoms with Gasteiger partial charge in [-0.2, -0.15) is 13.2 Å². The molecule has 1 aliphatic rings. The second-order valence-electron chi connectivity index (χ2n) is 9.56. The Morgan fingerprint density at radius 2 is 1.54 bits per heavy atom. The Balaban J connectivity index is 1.56. The van der Waals surface area contributed by atoms with Gasteiger partial charge in [-0.05, 0) is 49.7 Å². The van der Waals surface area contributed by atoms with Crippen molar-refractivity contribution in [3.05, 3.63) is 89.5 Å². The zero-order chi connectivity index (χ0) is 28.4. The topological polar surface area (TPSA) is 116 Å². The van der Waals surface area contributed by atoms with Crippen LogP contribution in [0.15, 0.2) is 72.8 Å². The minimum Gasteiger partial charge on any atom is -0.352 e. The van der Waals surface area contributed by atoms with Gasteiger partial charge in [0, 0.05) is 12.2 Å². The van der Waals surface area contributed by atoms with Gasteiger partial charge in [-0.25, -0.2) is 0 Å². The van der Waals surface area contributed by atoms with Gasteiger partial charge in [0.1, 0.15) is 5.92 Å². The molecule has 0 saturated heterocycles. The lowest BCUT2D eigenvalue weighted by Crippen LogP contribution is -2.50. The third kappa shape index (κ3) is 5.92. The molecule has 11 heteroatoms. The van der Waals surface area contributed by atoms with Gasteiger partial charge in [-0.3, -0.25) is 19.2 Å². The highest BCUT2D eigenvalue weighted by molar-refractivity contribution is 6.21. The van der Waals surface area contributed by atoms with Crippen LogP contribution < -0.4 is 21.3 Å². The second kappa shape index (κ2) is 10.6. The molecule has 4 N–H and O–H groups in total. The van der Waals surface area contributed by atoms with E-state index < -0.39 is 46.7 Å². The first-order valence-corrected chi connectivity index (χ1v) is 11.9. The number of fused-ring (bicyclic) bond motifs is 1. The SMILES string of the molecule is CC(C)(C(=O)NCc1ccccc1)C1C(=O)Nc2cccc(C(=O)Nc3cccc(C(F)(F)F)c3)c2NC1=O. The van der Waals surface area contributed by atoms with Crippen molar-refractivity contribution in [2.24, 2.45) is 11.3 Å². The first kappa shape index (κ1) is 27.4. The highest BCUT2D eigenvalue weighted by Crippen LogP contribution is 2.37. The normalized spacial score (nSPS) is 15.4. The van der Waals surface area contributed by atoms with E-state index in [1.807, 2.05) is 30.3 Å². The third-order valence-electron chi connectivity index (χ3n) is 6.39. The monoisotopic (exact) mass is 538 g/mol. The van der Waals surface area contributed by atoms with E-state index in [0.717, 1.165) is 23.8 Å². The van der Waals surface area contributed by atoms with Crippen molar-refractivity contribution < 1.29 is 32.3 Å². The van der Waals surface area contributed by atoms with Crippen molar-refractivity contribution in [2.45, 2.75) is 26.6 Å². The summed E-state index contributed by atoms with van der Waals surface area (Å²) in [7, 11) is 0. The summed E-state index contributed by atoms with van der Waals surface area (Å²) in [5.74, 6) is -4.36. The van der Waals surface area contributed by atoms with Crippen molar-refractivity contribution in [3.63, 3.8) is 0 Å². The van der Waals surface area contributed by atoms with E-state index in [2.05, 4.69) is 21.3 Å². The molecule has 0 radical (unpaired) electrons. The van der Waals surface area contributed by atoms with E-state index in [9.17, 15) is 32.3 Å². The van der Waals surface area contributed by atoms with Gasteiger partial charge < -0.3 is 21.3 Å². The molecule has 0 aromatic heterocycles. The summed E-state index contributed by atoms with van der Waals surface area (Å²) >= 11 is 0. The molecular weight excluding hydrogens is 513 g/mol. The Morgan fingerprint density at radius 1 is 0.872 bits per heavy atom. The molecule has 0 aliphatic carbocycles. The lowest BCUT2D eigenvalue weighted by Gasteiger charge is -2.29. The first-order valence-electron chi connectivity index (χ1n) is 11.9. The van der Waals surface area contributed by atoms with Gasteiger partial charge in [-0.15, -0.1) is 0 Å². The van der Waals surface area contributed by atoms with Crippen molar-refractivity contribution in [3.8, 4) is 0 Å². The number of halogens is 3. The molecule has 8 nitrogen and oxygen atoms in total. The van der Waals surface area contributed by atoms with Crippen LogP contribution in [0.5, 0.6) is 0 Å². The zero-order valence-electron chi connectivity index (χ0n) is 21.0. The molecule has 0 bridgehead atoms. The number of para-hydroxylation sites is 1. The Kier molecular flexibility index (Phi) is 7.44. The number of nitrogens with one attached hydrogen (secondary N) is 4. The van der Waals surface area contributed by atoms with Crippen molar-refractivity contribution in [1.29, 1.82) is 0 Å². The van der Waals surface area contributed by atoms with Crippen LogP contribution >= 0.6 is 0 Å². The van der Waals surface area contributed by atoms with Crippen LogP contribution in [0.25, 0.3) is 0 Å². The number of carbonyl (C=O) groups is 4. The number of anilines is 3. The minimum atomic E-state index is -4.60. The van der Waals surface area contributed by atoms with Gasteiger partial charge in [0.05, 0.1) is 27.9 Å². The molecule has 0 fully saturated rings. The lowest BCUT2D eigenvalue weighted by molar-refractivity contribution is -0.144. The molecule has 4 rings (SSSR count). The van der Waals surface area contributed by atoms with Crippen molar-refractivity contribution >= 4 is 40.7 Å². The molecule has 1 heterocycles. The fourth-order valence-corrected chi connectivity index (χ4v) is 4.26. The maximum atomic E-state index is 13.3. The Morgan fingerprint density at radius 3 is 2.23 bits per heavy atom. The summed E-state index contributed by atoms with van der Waals surface area (Å²) in [6.45, 7) is 3.13. The van der Waals surface area contributed by atoms with E-state index in [4.69, 9.17) is 0 Å². The van der Waals surface area contributed by atoms with Crippen LogP contribution in [-0.4, -0.2) is 23.6 Å². The fraction of sp³-hybridized carbons (Fsp3) is 0.214. The van der Waals surface area contributed by atoms with Crippen molar-refractivity contribution in [1.82, 2.24) is 5.32 Å². The van der Waals surface area contributed by atoms with Crippen LogP contribution in [0, 0.1) is 11.3 Å². The molecule has 1 atom stereocenters. The van der Waals surface area contributed by atoms with Crippen molar-refractivity contribution in [2.75, 3.05) is 16.0 Å². The molecule has 202 valence electrons. The summed E-state index contributed by atoms with van der Waals surface area (Å²) in [5.41, 5.74) is -1.72. The molecular formula is C28H25F3N4O4. The number of rotatable bonds is 6. The van der Waals surface area contributed by atoms with Crippen LogP contribution in [0.3, 0.4) is 0 Å². The van der Waals surface area contributed by atoms with E-state index in [0.29, 0.717) is 0 Å². The quantitative estimate of drug-likeness (QED) is 0.337. The standard InChI is InChI=1S/C28H25F3N4O4/c1-27(2,26(39)32-15-16-8-4-3-5-9-16)21-24(37)34-20-13-7-12-19(22(20)35-25(21)38)23(36)33-18-11-6-10-17(14-18)28(29,30)31/h3-14,21H,15H2,1-2H3,(H,32,39)(H,33,36)(H,34,37)(H,35,38). The number of carbonyl (C=O) groups excluding carboxylic acids is 4. The van der Waals surface area contributed by atoms with Crippen LogP contribution in [0.4, 0.5) is 30.2 Å². The zero-order valence-corrected chi connectivity index (χ0v) is 21.0. The molecule has 39 heavy (non-hydrogen) atoms. The predicted molar refractivity (Wildman–Crippen MR) is 139 cm³/mol. The fourth-order valence-electron chi connectivity index (χ4n) is 4.26. The molecule has 1 unspecified atom stereocenters.